The van der Waals surface area contributed by atoms with Crippen LogP contribution in [-0.4, -0.2) is 51.4 Å². The molecule has 8 heteroatoms. The van der Waals surface area contributed by atoms with Gasteiger partial charge in [-0.3, -0.25) is 4.79 Å². The first kappa shape index (κ1) is 28.8. The van der Waals surface area contributed by atoms with E-state index in [2.05, 4.69) is 59.2 Å². The van der Waals surface area contributed by atoms with Crippen LogP contribution in [0.5, 0.6) is 11.6 Å². The van der Waals surface area contributed by atoms with Crippen molar-refractivity contribution in [3.63, 3.8) is 0 Å². The lowest BCUT2D eigenvalue weighted by Crippen LogP contribution is -2.12. The lowest BCUT2D eigenvalue weighted by atomic mass is 10.0. The minimum Gasteiger partial charge on any atom is -0.438 e. The molecule has 0 saturated carbocycles. The van der Waals surface area contributed by atoms with Gasteiger partial charge in [0.2, 0.25) is 5.88 Å². The van der Waals surface area contributed by atoms with Crippen molar-refractivity contribution in [2.45, 2.75) is 52.4 Å². The fourth-order valence-corrected chi connectivity index (χ4v) is 4.24. The number of hydrogen-bond acceptors (Lipinski definition) is 7. The van der Waals surface area contributed by atoms with Crippen LogP contribution >= 0.6 is 0 Å². The fourth-order valence-electron chi connectivity index (χ4n) is 4.24. The number of nitrogens with zero attached hydrogens (tertiary/aromatic N) is 5. The lowest BCUT2D eigenvalue weighted by Gasteiger charge is -2.13. The van der Waals surface area contributed by atoms with Crippen LogP contribution in [0, 0.1) is 6.92 Å². The Hall–Kier alpha value is -4.17. The number of unbranched alkanes of at least 4 members (excludes halogenated alkanes) is 2. The Labute approximate surface area is 236 Å². The number of amides is 1. The third-order valence-electron chi connectivity index (χ3n) is 6.61. The van der Waals surface area contributed by atoms with Crippen LogP contribution in [0.25, 0.3) is 11.4 Å². The highest BCUT2D eigenvalue weighted by Gasteiger charge is 2.16. The maximum atomic E-state index is 13.1. The predicted octanol–water partition coefficient (Wildman–Crippen LogP) is 6.68. The first-order chi connectivity index (χ1) is 19.3. The molecule has 0 spiro atoms. The minimum absolute atomic E-state index is 0.209. The zero-order valence-electron chi connectivity index (χ0n) is 24.0. The third kappa shape index (κ3) is 7.93. The van der Waals surface area contributed by atoms with Crippen molar-refractivity contribution in [3.05, 3.63) is 89.6 Å². The van der Waals surface area contributed by atoms with Crippen molar-refractivity contribution >= 4 is 11.6 Å². The zero-order chi connectivity index (χ0) is 28.5. The topological polar surface area (TPSA) is 93.1 Å². The van der Waals surface area contributed by atoms with Crippen molar-refractivity contribution < 1.29 is 9.53 Å². The Morgan fingerprint density at radius 3 is 2.62 bits per heavy atom. The SMILES string of the molecule is Cc1ccc(C(=O)Nc2cccc(C(C)C)c2)cc1Oc1ncccc1-c1ncnc(CCCCCN(C)C)n1. The van der Waals surface area contributed by atoms with E-state index in [0.717, 1.165) is 49.3 Å². The Bertz CT molecular complexity index is 1440. The molecule has 4 aromatic rings. The van der Waals surface area contributed by atoms with Crippen LogP contribution in [0.2, 0.25) is 0 Å². The molecule has 0 aliphatic rings. The highest BCUT2D eigenvalue weighted by molar-refractivity contribution is 6.04. The molecule has 1 N–H and O–H groups in total. The summed E-state index contributed by atoms with van der Waals surface area (Å²) in [6.07, 6.45) is 7.27. The number of benzene rings is 2. The monoisotopic (exact) mass is 538 g/mol. The van der Waals surface area contributed by atoms with Crippen LogP contribution in [0.4, 0.5) is 5.69 Å². The van der Waals surface area contributed by atoms with E-state index in [1.807, 2.05) is 43.3 Å². The van der Waals surface area contributed by atoms with E-state index in [9.17, 15) is 4.79 Å². The van der Waals surface area contributed by atoms with Crippen LogP contribution in [0.1, 0.15) is 66.3 Å². The molecule has 2 aromatic heterocycles. The van der Waals surface area contributed by atoms with Gasteiger partial charge in [0.25, 0.3) is 5.91 Å². The molecule has 1 amide bonds. The quantitative estimate of drug-likeness (QED) is 0.201. The maximum absolute atomic E-state index is 13.1. The summed E-state index contributed by atoms with van der Waals surface area (Å²) in [5.41, 5.74) is 3.96. The number of rotatable bonds is 12. The first-order valence-corrected chi connectivity index (χ1v) is 13.8. The largest absolute Gasteiger partial charge is 0.438 e. The van der Waals surface area contributed by atoms with E-state index < -0.39 is 0 Å². The number of nitrogens with one attached hydrogen (secondary N) is 1. The molecule has 0 saturated heterocycles. The van der Waals surface area contributed by atoms with Gasteiger partial charge in [0.05, 0.1) is 5.56 Å². The molecule has 2 aromatic carbocycles. The summed E-state index contributed by atoms with van der Waals surface area (Å²) in [6.45, 7) is 7.26. The van der Waals surface area contributed by atoms with Crippen LogP contribution in [0.3, 0.4) is 0 Å². The predicted molar refractivity (Wildman–Crippen MR) is 159 cm³/mol. The lowest BCUT2D eigenvalue weighted by molar-refractivity contribution is 0.102. The van der Waals surface area contributed by atoms with Gasteiger partial charge in [-0.25, -0.2) is 19.9 Å². The second kappa shape index (κ2) is 13.8. The summed E-state index contributed by atoms with van der Waals surface area (Å²) in [5.74, 6) is 2.34. The van der Waals surface area contributed by atoms with Gasteiger partial charge in [0.1, 0.15) is 17.9 Å². The van der Waals surface area contributed by atoms with Gasteiger partial charge in [-0.1, -0.05) is 38.5 Å². The highest BCUT2D eigenvalue weighted by atomic mass is 16.5. The molecule has 4 rings (SSSR count). The van der Waals surface area contributed by atoms with E-state index in [4.69, 9.17) is 9.72 Å². The molecular formula is C32H38N6O2. The van der Waals surface area contributed by atoms with Crippen LogP contribution < -0.4 is 10.1 Å². The Kier molecular flexibility index (Phi) is 9.91. The van der Waals surface area contributed by atoms with E-state index in [1.165, 1.54) is 5.56 Å². The summed E-state index contributed by atoms with van der Waals surface area (Å²) >= 11 is 0. The average molecular weight is 539 g/mol. The summed E-state index contributed by atoms with van der Waals surface area (Å²) in [7, 11) is 4.18. The standard InChI is InChI=1S/C32H38N6O2/c1-22(2)24-11-9-12-26(19-24)36-31(39)25-16-15-23(3)28(20-25)40-32-27(13-10-17-33-32)30-35-21-34-29(37-30)14-7-6-8-18-38(4)5/h9-13,15-17,19-22H,6-8,14,18H2,1-5H3,(H,36,39). The van der Waals surface area contributed by atoms with E-state index in [-0.39, 0.29) is 5.91 Å². The molecule has 0 aliphatic heterocycles. The second-order valence-corrected chi connectivity index (χ2v) is 10.5. The summed E-state index contributed by atoms with van der Waals surface area (Å²) < 4.78 is 6.27. The van der Waals surface area contributed by atoms with Crippen LogP contribution in [0.15, 0.2) is 67.1 Å². The summed E-state index contributed by atoms with van der Waals surface area (Å²) in [6, 6.07) is 17.0. The van der Waals surface area contributed by atoms with E-state index in [0.29, 0.717) is 34.5 Å². The molecule has 2 heterocycles. The van der Waals surface area contributed by atoms with Crippen molar-refractivity contribution in [1.82, 2.24) is 24.8 Å². The molecule has 208 valence electrons. The molecule has 40 heavy (non-hydrogen) atoms. The number of aryl methyl sites for hydroxylation is 2. The van der Waals surface area contributed by atoms with Crippen molar-refractivity contribution in [2.24, 2.45) is 0 Å². The molecule has 0 unspecified atom stereocenters. The molecule has 8 nitrogen and oxygen atoms in total. The Morgan fingerprint density at radius 2 is 1.82 bits per heavy atom. The van der Waals surface area contributed by atoms with Gasteiger partial charge in [-0.05, 0) is 93.8 Å². The summed E-state index contributed by atoms with van der Waals surface area (Å²) in [4.78, 5) is 33.2. The normalized spacial score (nSPS) is 11.2. The van der Waals surface area contributed by atoms with Gasteiger partial charge >= 0.3 is 0 Å². The highest BCUT2D eigenvalue weighted by Crippen LogP contribution is 2.32. The number of carbonyl (C=O) groups excluding carboxylic acids is 1. The minimum atomic E-state index is -0.209. The van der Waals surface area contributed by atoms with Gasteiger partial charge < -0.3 is 15.0 Å². The number of ether oxygens (including phenoxy) is 1. The van der Waals surface area contributed by atoms with Gasteiger partial charge in [-0.2, -0.15) is 0 Å². The average Bonchev–Trinajstić information content (AvgIpc) is 2.94. The number of carbonyl (C=O) groups is 1. The van der Waals surface area contributed by atoms with Crippen molar-refractivity contribution in [3.8, 4) is 23.0 Å². The van der Waals surface area contributed by atoms with Crippen LogP contribution in [-0.2, 0) is 6.42 Å². The molecular weight excluding hydrogens is 500 g/mol. The molecule has 0 aliphatic carbocycles. The number of aromatic nitrogens is 4. The van der Waals surface area contributed by atoms with Crippen molar-refractivity contribution in [1.29, 1.82) is 0 Å². The fraction of sp³-hybridized carbons (Fsp3) is 0.344. The number of pyridine rings is 1. The van der Waals surface area contributed by atoms with Gasteiger partial charge in [0.15, 0.2) is 5.82 Å². The second-order valence-electron chi connectivity index (χ2n) is 10.5. The van der Waals surface area contributed by atoms with E-state index >= 15 is 0 Å². The first-order valence-electron chi connectivity index (χ1n) is 13.8. The van der Waals surface area contributed by atoms with Gasteiger partial charge in [-0.15, -0.1) is 0 Å². The number of hydrogen-bond donors (Lipinski definition) is 1. The Morgan fingerprint density at radius 1 is 0.975 bits per heavy atom. The third-order valence-corrected chi connectivity index (χ3v) is 6.61. The summed E-state index contributed by atoms with van der Waals surface area (Å²) in [5, 5.41) is 3.00. The molecule has 0 bridgehead atoms. The van der Waals surface area contributed by atoms with Crippen molar-refractivity contribution in [2.75, 3.05) is 26.0 Å². The zero-order valence-corrected chi connectivity index (χ0v) is 24.0. The molecule has 0 atom stereocenters. The maximum Gasteiger partial charge on any atom is 0.255 e. The Balaban J connectivity index is 1.50. The van der Waals surface area contributed by atoms with Gasteiger partial charge in [0, 0.05) is 23.9 Å². The smallest absolute Gasteiger partial charge is 0.255 e. The van der Waals surface area contributed by atoms with E-state index in [1.54, 1.807) is 24.7 Å². The number of anilines is 1. The molecule has 0 fully saturated rings. The molecule has 0 radical (unpaired) electrons.